The van der Waals surface area contributed by atoms with Gasteiger partial charge >= 0.3 is 0 Å². The number of benzene rings is 2. The molecule has 1 N–H and O–H groups in total. The summed E-state index contributed by atoms with van der Waals surface area (Å²) in [6.45, 7) is 4.07. The standard InChI is InChI=1S/C20H19N3O4S/c1-12-7-9-14(10-8-12)21-18(24)13(2)28-20-23-22-19(27-20)17-11-25-15-5-3-4-6-16(15)26-17/h3-10,13,17H,11H2,1-2H3,(H,21,24)/t13-,17-/m1/s1. The van der Waals surface area contributed by atoms with E-state index in [1.54, 1.807) is 6.92 Å². The lowest BCUT2D eigenvalue weighted by atomic mass is 10.2. The number of hydrogen-bond acceptors (Lipinski definition) is 7. The van der Waals surface area contributed by atoms with Crippen LogP contribution in [0.15, 0.2) is 58.2 Å². The number of para-hydroxylation sites is 2. The zero-order valence-corrected chi connectivity index (χ0v) is 16.2. The largest absolute Gasteiger partial charge is 0.485 e. The Morgan fingerprint density at radius 2 is 1.89 bits per heavy atom. The van der Waals surface area contributed by atoms with E-state index in [0.29, 0.717) is 22.6 Å². The SMILES string of the molecule is Cc1ccc(NC(=O)[C@@H](C)Sc2nnc([C@H]3COc4ccccc4O3)o2)cc1. The van der Waals surface area contributed by atoms with Gasteiger partial charge in [0.2, 0.25) is 12.0 Å². The molecule has 2 aromatic carbocycles. The summed E-state index contributed by atoms with van der Waals surface area (Å²) in [6.07, 6.45) is -0.478. The van der Waals surface area contributed by atoms with Gasteiger partial charge in [0.1, 0.15) is 6.61 Å². The number of carbonyl (C=O) groups excluding carboxylic acids is 1. The van der Waals surface area contributed by atoms with E-state index in [1.165, 1.54) is 11.8 Å². The molecule has 0 spiro atoms. The second-order valence-electron chi connectivity index (χ2n) is 6.39. The summed E-state index contributed by atoms with van der Waals surface area (Å²) in [5.41, 5.74) is 1.89. The molecule has 1 aromatic heterocycles. The summed E-state index contributed by atoms with van der Waals surface area (Å²) in [6, 6.07) is 15.0. The van der Waals surface area contributed by atoms with Gasteiger partial charge in [-0.15, -0.1) is 10.2 Å². The number of fused-ring (bicyclic) bond motifs is 1. The minimum absolute atomic E-state index is 0.139. The van der Waals surface area contributed by atoms with Crippen LogP contribution in [-0.4, -0.2) is 28.0 Å². The molecule has 4 rings (SSSR count). The highest BCUT2D eigenvalue weighted by molar-refractivity contribution is 8.00. The first-order valence-corrected chi connectivity index (χ1v) is 9.72. The molecule has 0 saturated carbocycles. The van der Waals surface area contributed by atoms with Gasteiger partial charge in [-0.05, 0) is 38.1 Å². The minimum Gasteiger partial charge on any atom is -0.485 e. The lowest BCUT2D eigenvalue weighted by Crippen LogP contribution is -2.22. The van der Waals surface area contributed by atoms with E-state index in [4.69, 9.17) is 13.9 Å². The molecule has 1 amide bonds. The fourth-order valence-corrected chi connectivity index (χ4v) is 3.31. The van der Waals surface area contributed by atoms with E-state index in [9.17, 15) is 4.79 Å². The smallest absolute Gasteiger partial charge is 0.277 e. The maximum atomic E-state index is 12.4. The number of rotatable bonds is 5. The molecule has 0 bridgehead atoms. The third kappa shape index (κ3) is 4.12. The number of anilines is 1. The molecule has 0 saturated heterocycles. The molecule has 2 heterocycles. The predicted octanol–water partition coefficient (Wildman–Crippen LogP) is 4.01. The van der Waals surface area contributed by atoms with Gasteiger partial charge in [0.25, 0.3) is 11.1 Å². The van der Waals surface area contributed by atoms with Crippen LogP contribution in [0.3, 0.4) is 0 Å². The predicted molar refractivity (Wildman–Crippen MR) is 105 cm³/mol. The van der Waals surface area contributed by atoms with Crippen molar-refractivity contribution in [3.8, 4) is 11.5 Å². The van der Waals surface area contributed by atoms with E-state index < -0.39 is 11.4 Å². The third-order valence-electron chi connectivity index (χ3n) is 4.17. The minimum atomic E-state index is -0.478. The highest BCUT2D eigenvalue weighted by atomic mass is 32.2. The summed E-state index contributed by atoms with van der Waals surface area (Å²) in [5, 5.41) is 10.8. The number of aromatic nitrogens is 2. The molecule has 0 fully saturated rings. The van der Waals surface area contributed by atoms with Crippen LogP contribution in [-0.2, 0) is 4.79 Å². The Bertz CT molecular complexity index is 974. The lowest BCUT2D eigenvalue weighted by molar-refractivity contribution is -0.115. The molecule has 3 aromatic rings. The van der Waals surface area contributed by atoms with Crippen molar-refractivity contribution >= 4 is 23.4 Å². The van der Waals surface area contributed by atoms with Crippen molar-refractivity contribution in [1.29, 1.82) is 0 Å². The van der Waals surface area contributed by atoms with Crippen LogP contribution >= 0.6 is 11.8 Å². The second-order valence-corrected chi connectivity index (χ2v) is 7.68. The summed E-state index contributed by atoms with van der Waals surface area (Å²) in [5.74, 6) is 1.51. The fourth-order valence-electron chi connectivity index (χ4n) is 2.62. The van der Waals surface area contributed by atoms with Crippen LogP contribution in [0.5, 0.6) is 11.5 Å². The third-order valence-corrected chi connectivity index (χ3v) is 5.11. The van der Waals surface area contributed by atoms with Crippen molar-refractivity contribution in [3.05, 3.63) is 60.0 Å². The average molecular weight is 397 g/mol. The number of ether oxygens (including phenoxy) is 2. The van der Waals surface area contributed by atoms with Gasteiger partial charge in [-0.25, -0.2) is 0 Å². The van der Waals surface area contributed by atoms with E-state index >= 15 is 0 Å². The highest BCUT2D eigenvalue weighted by Crippen LogP contribution is 2.36. The van der Waals surface area contributed by atoms with Crippen LogP contribution in [0.1, 0.15) is 24.5 Å². The van der Waals surface area contributed by atoms with Crippen molar-refractivity contribution < 1.29 is 18.7 Å². The van der Waals surface area contributed by atoms with Crippen molar-refractivity contribution in [2.24, 2.45) is 0 Å². The maximum absolute atomic E-state index is 12.4. The number of nitrogens with zero attached hydrogens (tertiary/aromatic N) is 2. The fraction of sp³-hybridized carbons (Fsp3) is 0.250. The maximum Gasteiger partial charge on any atom is 0.277 e. The Labute approximate surface area is 166 Å². The molecule has 0 aliphatic carbocycles. The molecule has 1 aliphatic heterocycles. The monoisotopic (exact) mass is 397 g/mol. The summed E-state index contributed by atoms with van der Waals surface area (Å²) < 4.78 is 17.2. The van der Waals surface area contributed by atoms with Gasteiger partial charge in [-0.1, -0.05) is 41.6 Å². The Morgan fingerprint density at radius 3 is 2.68 bits per heavy atom. The number of nitrogens with one attached hydrogen (secondary N) is 1. The number of aryl methyl sites for hydroxylation is 1. The zero-order chi connectivity index (χ0) is 19.5. The first kappa shape index (κ1) is 18.4. The van der Waals surface area contributed by atoms with Crippen LogP contribution in [0, 0.1) is 6.92 Å². The second kappa shape index (κ2) is 7.93. The van der Waals surface area contributed by atoms with Crippen molar-refractivity contribution in [2.45, 2.75) is 30.4 Å². The van der Waals surface area contributed by atoms with Gasteiger partial charge in [0.15, 0.2) is 11.5 Å². The van der Waals surface area contributed by atoms with Gasteiger partial charge in [0.05, 0.1) is 5.25 Å². The molecule has 8 heteroatoms. The van der Waals surface area contributed by atoms with E-state index in [0.717, 1.165) is 11.3 Å². The van der Waals surface area contributed by atoms with Crippen molar-refractivity contribution in [2.75, 3.05) is 11.9 Å². The topological polar surface area (TPSA) is 86.5 Å². The highest BCUT2D eigenvalue weighted by Gasteiger charge is 2.28. The molecule has 28 heavy (non-hydrogen) atoms. The molecule has 2 atom stereocenters. The molecule has 0 unspecified atom stereocenters. The zero-order valence-electron chi connectivity index (χ0n) is 15.4. The van der Waals surface area contributed by atoms with E-state index in [-0.39, 0.29) is 12.5 Å². The van der Waals surface area contributed by atoms with Crippen LogP contribution in [0.2, 0.25) is 0 Å². The number of carbonyl (C=O) groups is 1. The van der Waals surface area contributed by atoms with Gasteiger partial charge < -0.3 is 19.2 Å². The lowest BCUT2D eigenvalue weighted by Gasteiger charge is -2.23. The van der Waals surface area contributed by atoms with Crippen molar-refractivity contribution in [3.63, 3.8) is 0 Å². The number of hydrogen-bond donors (Lipinski definition) is 1. The van der Waals surface area contributed by atoms with Gasteiger partial charge in [-0.2, -0.15) is 0 Å². The van der Waals surface area contributed by atoms with Crippen LogP contribution < -0.4 is 14.8 Å². The molecular weight excluding hydrogens is 378 g/mol. The molecule has 7 nitrogen and oxygen atoms in total. The summed E-state index contributed by atoms with van der Waals surface area (Å²) >= 11 is 1.20. The number of amides is 1. The summed E-state index contributed by atoms with van der Waals surface area (Å²) in [4.78, 5) is 12.4. The molecule has 144 valence electrons. The Morgan fingerprint density at radius 1 is 1.14 bits per heavy atom. The van der Waals surface area contributed by atoms with E-state index in [2.05, 4.69) is 15.5 Å². The van der Waals surface area contributed by atoms with Crippen molar-refractivity contribution in [1.82, 2.24) is 10.2 Å². The molecular formula is C20H19N3O4S. The Balaban J connectivity index is 1.36. The number of thioether (sulfide) groups is 1. The first-order chi connectivity index (χ1) is 13.6. The average Bonchev–Trinajstić information content (AvgIpc) is 3.17. The summed E-state index contributed by atoms with van der Waals surface area (Å²) in [7, 11) is 0. The van der Waals surface area contributed by atoms with Gasteiger partial charge in [0, 0.05) is 5.69 Å². The molecule has 0 radical (unpaired) electrons. The van der Waals surface area contributed by atoms with Crippen LogP contribution in [0.25, 0.3) is 0 Å². The Kier molecular flexibility index (Phi) is 5.21. The Hall–Kier alpha value is -3.00. The van der Waals surface area contributed by atoms with Gasteiger partial charge in [-0.3, -0.25) is 4.79 Å². The quantitative estimate of drug-likeness (QED) is 0.651. The first-order valence-electron chi connectivity index (χ1n) is 8.84. The van der Waals surface area contributed by atoms with E-state index in [1.807, 2.05) is 55.5 Å². The molecule has 1 aliphatic rings. The normalized spacial score (nSPS) is 16.4. The van der Waals surface area contributed by atoms with Crippen LogP contribution in [0.4, 0.5) is 5.69 Å².